The number of nitrogens with one attached hydrogen (secondary N) is 2. The summed E-state index contributed by atoms with van der Waals surface area (Å²) in [6.07, 6.45) is 6.86. The molecule has 9 nitrogen and oxygen atoms in total. The summed E-state index contributed by atoms with van der Waals surface area (Å²) in [5.41, 5.74) is 3.21. The number of hydrogen-bond donors (Lipinski definition) is 2. The highest BCUT2D eigenvalue weighted by molar-refractivity contribution is 5.99. The van der Waals surface area contributed by atoms with Gasteiger partial charge in [-0.2, -0.15) is 9.61 Å². The van der Waals surface area contributed by atoms with E-state index in [2.05, 4.69) is 48.1 Å². The molecule has 1 aliphatic rings. The number of benzene rings is 1. The van der Waals surface area contributed by atoms with Gasteiger partial charge in [-0.15, -0.1) is 0 Å². The van der Waals surface area contributed by atoms with Gasteiger partial charge in [0.2, 0.25) is 5.91 Å². The molecule has 1 aromatic carbocycles. The van der Waals surface area contributed by atoms with Crippen LogP contribution in [0.25, 0.3) is 5.65 Å². The number of likely N-dealkylation sites (tertiary alicyclic amines) is 1. The predicted molar refractivity (Wildman–Crippen MR) is 144 cm³/mol. The zero-order valence-electron chi connectivity index (χ0n) is 21.3. The summed E-state index contributed by atoms with van der Waals surface area (Å²) in [7, 11) is 2.06. The molecule has 36 heavy (non-hydrogen) atoms. The molecule has 9 heteroatoms. The Hall–Kier alpha value is -3.88. The first-order valence-electron chi connectivity index (χ1n) is 12.6. The Morgan fingerprint density at radius 3 is 2.72 bits per heavy atom. The van der Waals surface area contributed by atoms with E-state index in [1.807, 2.05) is 21.7 Å². The van der Waals surface area contributed by atoms with Crippen molar-refractivity contribution < 1.29 is 9.59 Å². The lowest BCUT2D eigenvalue weighted by atomic mass is 10.0. The van der Waals surface area contributed by atoms with Gasteiger partial charge < -0.3 is 20.4 Å². The van der Waals surface area contributed by atoms with Crippen molar-refractivity contribution in [3.8, 4) is 0 Å². The Bertz CT molecular complexity index is 1230. The Morgan fingerprint density at radius 1 is 1.25 bits per heavy atom. The Balaban J connectivity index is 1.51. The van der Waals surface area contributed by atoms with Gasteiger partial charge in [-0.1, -0.05) is 20.4 Å². The maximum Gasteiger partial charge on any atom is 0.253 e. The van der Waals surface area contributed by atoms with E-state index in [1.54, 1.807) is 24.3 Å². The van der Waals surface area contributed by atoms with Crippen molar-refractivity contribution in [1.82, 2.24) is 19.5 Å². The van der Waals surface area contributed by atoms with Crippen LogP contribution in [0.5, 0.6) is 0 Å². The molecule has 1 saturated heterocycles. The molecule has 0 bridgehead atoms. The molecule has 1 aliphatic heterocycles. The maximum atomic E-state index is 13.2. The van der Waals surface area contributed by atoms with Crippen molar-refractivity contribution in [1.29, 1.82) is 0 Å². The zero-order valence-corrected chi connectivity index (χ0v) is 21.3. The molecule has 0 saturated carbocycles. The summed E-state index contributed by atoms with van der Waals surface area (Å²) in [6.45, 7) is 9.95. The van der Waals surface area contributed by atoms with Crippen LogP contribution >= 0.6 is 0 Å². The highest BCUT2D eigenvalue weighted by Gasteiger charge is 2.25. The second kappa shape index (κ2) is 11.2. The number of anilines is 3. The van der Waals surface area contributed by atoms with Crippen molar-refractivity contribution in [3.05, 3.63) is 60.3 Å². The first-order valence-corrected chi connectivity index (χ1v) is 12.6. The van der Waals surface area contributed by atoms with E-state index >= 15 is 0 Å². The topological polar surface area (TPSA) is 94.9 Å². The van der Waals surface area contributed by atoms with E-state index in [0.29, 0.717) is 24.3 Å². The van der Waals surface area contributed by atoms with Crippen molar-refractivity contribution >= 4 is 34.8 Å². The number of rotatable bonds is 9. The highest BCUT2D eigenvalue weighted by atomic mass is 16.2. The summed E-state index contributed by atoms with van der Waals surface area (Å²) < 4.78 is 1.87. The molecule has 2 N–H and O–H groups in total. The van der Waals surface area contributed by atoms with Crippen LogP contribution in [-0.4, -0.2) is 64.0 Å². The summed E-state index contributed by atoms with van der Waals surface area (Å²) in [5, 5.41) is 11.0. The van der Waals surface area contributed by atoms with E-state index in [-0.39, 0.29) is 17.9 Å². The van der Waals surface area contributed by atoms with Gasteiger partial charge in [-0.25, -0.2) is 4.98 Å². The van der Waals surface area contributed by atoms with Crippen LogP contribution in [-0.2, 0) is 11.2 Å². The number of amides is 2. The average Bonchev–Trinajstić information content (AvgIpc) is 3.32. The monoisotopic (exact) mass is 489 g/mol. The SMILES string of the molecule is C=CC(=O)Nc1ccc(C(=O)N2CCCC(Nc3cc(N(C)CCC)nc4c(CC)cnn34)C2)cc1. The molecule has 1 atom stereocenters. The van der Waals surface area contributed by atoms with Crippen LogP contribution in [0, 0.1) is 0 Å². The minimum atomic E-state index is -0.281. The second-order valence-electron chi connectivity index (χ2n) is 9.19. The Morgan fingerprint density at radius 2 is 2.03 bits per heavy atom. The summed E-state index contributed by atoms with van der Waals surface area (Å²) in [4.78, 5) is 33.7. The first-order chi connectivity index (χ1) is 17.4. The molecule has 2 amide bonds. The molecule has 0 spiro atoms. The van der Waals surface area contributed by atoms with Crippen LogP contribution in [0.1, 0.15) is 49.0 Å². The first kappa shape index (κ1) is 25.2. The normalized spacial score (nSPS) is 15.5. The lowest BCUT2D eigenvalue weighted by Crippen LogP contribution is -2.45. The molecular formula is C27H35N7O2. The molecule has 1 unspecified atom stereocenters. The maximum absolute atomic E-state index is 13.2. The molecule has 0 radical (unpaired) electrons. The van der Waals surface area contributed by atoms with Crippen LogP contribution in [0.3, 0.4) is 0 Å². The third-order valence-corrected chi connectivity index (χ3v) is 6.51. The highest BCUT2D eigenvalue weighted by Crippen LogP contribution is 2.24. The van der Waals surface area contributed by atoms with E-state index in [4.69, 9.17) is 4.98 Å². The second-order valence-corrected chi connectivity index (χ2v) is 9.19. The Labute approximate surface area is 212 Å². The fraction of sp³-hybridized carbons (Fsp3) is 0.407. The smallest absolute Gasteiger partial charge is 0.253 e. The van der Waals surface area contributed by atoms with Gasteiger partial charge in [0, 0.05) is 55.6 Å². The third-order valence-electron chi connectivity index (χ3n) is 6.51. The van der Waals surface area contributed by atoms with Crippen molar-refractivity contribution in [2.45, 2.75) is 45.6 Å². The van der Waals surface area contributed by atoms with Crippen LogP contribution in [0.4, 0.5) is 17.3 Å². The van der Waals surface area contributed by atoms with Gasteiger partial charge in [0.15, 0.2) is 5.65 Å². The minimum Gasteiger partial charge on any atom is -0.365 e. The van der Waals surface area contributed by atoms with Crippen molar-refractivity contribution in [2.24, 2.45) is 0 Å². The fourth-order valence-corrected chi connectivity index (χ4v) is 4.55. The number of nitrogens with zero attached hydrogens (tertiary/aromatic N) is 5. The lowest BCUT2D eigenvalue weighted by molar-refractivity contribution is -0.111. The van der Waals surface area contributed by atoms with Crippen LogP contribution < -0.4 is 15.5 Å². The molecule has 3 heterocycles. The van der Waals surface area contributed by atoms with Crippen LogP contribution in [0.2, 0.25) is 0 Å². The van der Waals surface area contributed by atoms with Gasteiger partial charge in [0.1, 0.15) is 11.6 Å². The molecule has 2 aromatic heterocycles. The summed E-state index contributed by atoms with van der Waals surface area (Å²) in [5.74, 6) is 1.50. The van der Waals surface area contributed by atoms with E-state index in [1.165, 1.54) is 6.08 Å². The number of carbonyl (C=O) groups is 2. The molecule has 190 valence electrons. The fourth-order valence-electron chi connectivity index (χ4n) is 4.55. The van der Waals surface area contributed by atoms with Gasteiger partial charge in [-0.05, 0) is 56.0 Å². The van der Waals surface area contributed by atoms with Crippen LogP contribution in [0.15, 0.2) is 49.2 Å². The van der Waals surface area contributed by atoms with E-state index in [9.17, 15) is 9.59 Å². The molecule has 3 aromatic rings. The lowest BCUT2D eigenvalue weighted by Gasteiger charge is -2.34. The Kier molecular flexibility index (Phi) is 7.87. The van der Waals surface area contributed by atoms with E-state index in [0.717, 1.165) is 55.1 Å². The average molecular weight is 490 g/mol. The number of fused-ring (bicyclic) bond motifs is 1. The van der Waals surface area contributed by atoms with Gasteiger partial charge in [-0.3, -0.25) is 9.59 Å². The standard InChI is InChI=1S/C27H35N7O2/c1-5-14-32(4)23-16-24(34-26(31-23)19(6-2)17-28-34)29-22-9-8-15-33(18-22)27(36)20-10-12-21(13-11-20)30-25(35)7-3/h7,10-13,16-17,22,29H,3,5-6,8-9,14-15,18H2,1-2,4H3,(H,30,35). The number of aromatic nitrogens is 3. The predicted octanol–water partition coefficient (Wildman–Crippen LogP) is 3.98. The minimum absolute atomic E-state index is 0.0151. The molecule has 0 aliphatic carbocycles. The summed E-state index contributed by atoms with van der Waals surface area (Å²) in [6, 6.07) is 9.11. The third kappa shape index (κ3) is 5.50. The summed E-state index contributed by atoms with van der Waals surface area (Å²) >= 11 is 0. The zero-order chi connectivity index (χ0) is 25.7. The molecular weight excluding hydrogens is 454 g/mol. The van der Waals surface area contributed by atoms with Gasteiger partial charge in [0.05, 0.1) is 6.20 Å². The van der Waals surface area contributed by atoms with Gasteiger partial charge >= 0.3 is 0 Å². The van der Waals surface area contributed by atoms with Crippen molar-refractivity contribution in [2.75, 3.05) is 42.2 Å². The van der Waals surface area contributed by atoms with E-state index < -0.39 is 0 Å². The van der Waals surface area contributed by atoms with Crippen molar-refractivity contribution in [3.63, 3.8) is 0 Å². The number of aryl methyl sites for hydroxylation is 1. The number of hydrogen-bond acceptors (Lipinski definition) is 6. The largest absolute Gasteiger partial charge is 0.365 e. The molecule has 1 fully saturated rings. The van der Waals surface area contributed by atoms with Gasteiger partial charge in [0.25, 0.3) is 5.91 Å². The quantitative estimate of drug-likeness (QED) is 0.442. The molecule has 4 rings (SSSR count). The number of carbonyl (C=O) groups excluding carboxylic acids is 2. The number of piperidine rings is 1.